The van der Waals surface area contributed by atoms with Gasteiger partial charge in [0.05, 0.1) is 28.4 Å². The molecule has 4 nitrogen and oxygen atoms in total. The molecule has 11 aromatic carbocycles. The number of nitrogens with zero attached hydrogens (tertiary/aromatic N) is 3. The van der Waals surface area contributed by atoms with E-state index in [-0.39, 0.29) is 0 Å². The van der Waals surface area contributed by atoms with E-state index in [9.17, 15) is 0 Å². The van der Waals surface area contributed by atoms with Crippen LogP contribution < -0.4 is 14.7 Å². The highest BCUT2D eigenvalue weighted by molar-refractivity contribution is 6.07. The molecule has 0 aliphatic heterocycles. The van der Waals surface area contributed by atoms with Crippen molar-refractivity contribution in [3.05, 3.63) is 261 Å². The van der Waals surface area contributed by atoms with E-state index < -0.39 is 0 Å². The monoisotopic (exact) mass is 845 g/mol. The maximum Gasteiger partial charge on any atom is 0.135 e. The van der Waals surface area contributed by atoms with Crippen molar-refractivity contribution in [1.82, 2.24) is 0 Å². The third kappa shape index (κ3) is 7.08. The summed E-state index contributed by atoms with van der Waals surface area (Å²) in [7, 11) is 0. The Labute approximate surface area is 384 Å². The van der Waals surface area contributed by atoms with Crippen LogP contribution in [0.2, 0.25) is 0 Å². The predicted octanol–water partition coefficient (Wildman–Crippen LogP) is 18.0. The van der Waals surface area contributed by atoms with E-state index in [1.807, 2.05) is 12.1 Å². The van der Waals surface area contributed by atoms with Crippen LogP contribution in [-0.4, -0.2) is 0 Å². The van der Waals surface area contributed by atoms with E-state index in [4.69, 9.17) is 4.42 Å². The Bertz CT molecular complexity index is 3510. The van der Waals surface area contributed by atoms with Gasteiger partial charge in [-0.2, -0.15) is 0 Å². The molecule has 0 radical (unpaired) electrons. The lowest BCUT2D eigenvalue weighted by atomic mass is 10.0. The van der Waals surface area contributed by atoms with Crippen LogP contribution in [0.3, 0.4) is 0 Å². The molecule has 66 heavy (non-hydrogen) atoms. The van der Waals surface area contributed by atoms with Gasteiger partial charge in [-0.25, -0.2) is 0 Å². The van der Waals surface area contributed by atoms with Crippen LogP contribution in [0.4, 0.5) is 51.2 Å². The lowest BCUT2D eigenvalue weighted by Gasteiger charge is -2.33. The Kier molecular flexibility index (Phi) is 9.81. The van der Waals surface area contributed by atoms with Crippen LogP contribution in [0.15, 0.2) is 265 Å². The SMILES string of the molecule is c1ccc(N(c2ccc(-c3ccc4oc5ccccc5c4c3)cc2)c2cc(N(c3ccccc3)c3cccc4ccccc34)cc(N(c3ccccc3)c3cccc4ccccc34)c2)cc1. The Morgan fingerprint density at radius 2 is 0.621 bits per heavy atom. The number of rotatable bonds is 10. The number of hydrogen-bond acceptors (Lipinski definition) is 4. The molecule has 0 saturated carbocycles. The number of anilines is 9. The molecule has 12 rings (SSSR count). The lowest BCUT2D eigenvalue weighted by molar-refractivity contribution is 0.669. The molecule has 0 aliphatic carbocycles. The van der Waals surface area contributed by atoms with Crippen molar-refractivity contribution in [1.29, 1.82) is 0 Å². The van der Waals surface area contributed by atoms with Crippen LogP contribution in [0.1, 0.15) is 0 Å². The van der Waals surface area contributed by atoms with Crippen LogP contribution in [0, 0.1) is 0 Å². The fraction of sp³-hybridized carbons (Fsp3) is 0. The summed E-state index contributed by atoms with van der Waals surface area (Å²) in [6.07, 6.45) is 0. The number of para-hydroxylation sites is 4. The molecule has 12 aromatic rings. The van der Waals surface area contributed by atoms with Gasteiger partial charge in [-0.15, -0.1) is 0 Å². The fourth-order valence-electron chi connectivity index (χ4n) is 9.51. The van der Waals surface area contributed by atoms with Gasteiger partial charge in [0, 0.05) is 44.3 Å². The van der Waals surface area contributed by atoms with Gasteiger partial charge < -0.3 is 19.1 Å². The summed E-state index contributed by atoms with van der Waals surface area (Å²) in [5.74, 6) is 0. The minimum Gasteiger partial charge on any atom is -0.456 e. The molecule has 0 atom stereocenters. The molecular weight excluding hydrogens is 803 g/mol. The van der Waals surface area contributed by atoms with Crippen molar-refractivity contribution in [2.75, 3.05) is 14.7 Å². The highest BCUT2D eigenvalue weighted by Gasteiger charge is 2.24. The first kappa shape index (κ1) is 38.8. The lowest BCUT2D eigenvalue weighted by Crippen LogP contribution is -2.16. The Morgan fingerprint density at radius 1 is 0.227 bits per heavy atom. The van der Waals surface area contributed by atoms with Crippen molar-refractivity contribution in [3.63, 3.8) is 0 Å². The van der Waals surface area contributed by atoms with Crippen molar-refractivity contribution in [2.24, 2.45) is 0 Å². The maximum atomic E-state index is 6.19. The van der Waals surface area contributed by atoms with Crippen LogP contribution in [0.25, 0.3) is 54.6 Å². The van der Waals surface area contributed by atoms with Gasteiger partial charge in [0.1, 0.15) is 11.2 Å². The molecule has 0 amide bonds. The zero-order valence-electron chi connectivity index (χ0n) is 36.1. The topological polar surface area (TPSA) is 22.9 Å². The van der Waals surface area contributed by atoms with E-state index in [1.54, 1.807) is 0 Å². The first-order valence-electron chi connectivity index (χ1n) is 22.4. The summed E-state index contributed by atoms with van der Waals surface area (Å²) in [5, 5.41) is 6.94. The summed E-state index contributed by atoms with van der Waals surface area (Å²) in [6, 6.07) is 93.3. The van der Waals surface area contributed by atoms with Gasteiger partial charge in [-0.05, 0) is 119 Å². The molecule has 0 aliphatic rings. The van der Waals surface area contributed by atoms with Gasteiger partial charge in [-0.1, -0.05) is 164 Å². The quantitative estimate of drug-likeness (QED) is 0.137. The summed E-state index contributed by atoms with van der Waals surface area (Å²) in [5.41, 5.74) is 13.5. The van der Waals surface area contributed by atoms with Crippen molar-refractivity contribution in [2.45, 2.75) is 0 Å². The van der Waals surface area contributed by atoms with Gasteiger partial charge >= 0.3 is 0 Å². The molecule has 4 heteroatoms. The summed E-state index contributed by atoms with van der Waals surface area (Å²) >= 11 is 0. The molecule has 0 fully saturated rings. The molecule has 0 spiro atoms. The second-order valence-corrected chi connectivity index (χ2v) is 16.6. The smallest absolute Gasteiger partial charge is 0.135 e. The molecule has 1 heterocycles. The maximum absolute atomic E-state index is 6.19. The standard InChI is InChI=1S/C62H43N3O/c1-4-22-48(23-5-1)63(51-37-34-44(35-38-51)47-36-39-62-58(40-47)57-30-14-15-33-61(57)66-62)52-41-53(64(49-24-6-2-7-25-49)59-31-16-20-45-18-10-12-28-55(45)59)43-54(42-52)65(50-26-8-3-9-27-50)60-32-17-21-46-19-11-13-29-56(46)60/h1-43H. The summed E-state index contributed by atoms with van der Waals surface area (Å²) in [6.45, 7) is 0. The molecule has 0 unspecified atom stereocenters. The summed E-state index contributed by atoms with van der Waals surface area (Å²) in [4.78, 5) is 7.19. The minimum absolute atomic E-state index is 0.892. The third-order valence-electron chi connectivity index (χ3n) is 12.6. The number of fused-ring (bicyclic) bond motifs is 5. The first-order chi connectivity index (χ1) is 32.7. The molecule has 0 bridgehead atoms. The van der Waals surface area contributed by atoms with E-state index >= 15 is 0 Å². The van der Waals surface area contributed by atoms with Crippen LogP contribution in [0.5, 0.6) is 0 Å². The average Bonchev–Trinajstić information content (AvgIpc) is 3.76. The normalized spacial score (nSPS) is 11.3. The zero-order valence-corrected chi connectivity index (χ0v) is 36.1. The van der Waals surface area contributed by atoms with Crippen molar-refractivity contribution in [3.8, 4) is 11.1 Å². The minimum atomic E-state index is 0.892. The van der Waals surface area contributed by atoms with Crippen molar-refractivity contribution >= 4 is 94.7 Å². The third-order valence-corrected chi connectivity index (χ3v) is 12.6. The zero-order chi connectivity index (χ0) is 43.8. The second kappa shape index (κ2) is 16.7. The largest absolute Gasteiger partial charge is 0.456 e. The van der Waals surface area contributed by atoms with Gasteiger partial charge in [0.2, 0.25) is 0 Å². The first-order valence-corrected chi connectivity index (χ1v) is 22.4. The van der Waals surface area contributed by atoms with E-state index in [0.29, 0.717) is 0 Å². The van der Waals surface area contributed by atoms with Gasteiger partial charge in [-0.3, -0.25) is 0 Å². The molecule has 312 valence electrons. The van der Waals surface area contributed by atoms with Gasteiger partial charge in [0.15, 0.2) is 0 Å². The Morgan fingerprint density at radius 3 is 1.17 bits per heavy atom. The average molecular weight is 846 g/mol. The number of furan rings is 1. The van der Waals surface area contributed by atoms with Gasteiger partial charge in [0.25, 0.3) is 0 Å². The van der Waals surface area contributed by atoms with Crippen molar-refractivity contribution < 1.29 is 4.42 Å². The number of hydrogen-bond donors (Lipinski definition) is 0. The van der Waals surface area contributed by atoms with E-state index in [2.05, 4.69) is 263 Å². The Balaban J connectivity index is 1.10. The molecular formula is C62H43N3O. The van der Waals surface area contributed by atoms with E-state index in [0.717, 1.165) is 84.3 Å². The second-order valence-electron chi connectivity index (χ2n) is 16.6. The highest BCUT2D eigenvalue weighted by atomic mass is 16.3. The Hall–Kier alpha value is -8.86. The molecule has 0 N–H and O–H groups in total. The summed E-state index contributed by atoms with van der Waals surface area (Å²) < 4.78 is 6.19. The molecule has 1 aromatic heterocycles. The van der Waals surface area contributed by atoms with E-state index in [1.165, 1.54) is 21.5 Å². The fourth-order valence-corrected chi connectivity index (χ4v) is 9.51. The highest BCUT2D eigenvalue weighted by Crippen LogP contribution is 2.48. The molecule has 0 saturated heterocycles. The number of benzene rings is 11. The van der Waals surface area contributed by atoms with Crippen LogP contribution in [-0.2, 0) is 0 Å². The predicted molar refractivity (Wildman–Crippen MR) is 278 cm³/mol. The van der Waals surface area contributed by atoms with Crippen LogP contribution >= 0.6 is 0 Å².